The molecule has 5 rings (SSSR count). The Morgan fingerprint density at radius 3 is 2.47 bits per heavy atom. The monoisotopic (exact) mass is 398 g/mol. The molecule has 3 nitrogen and oxygen atoms in total. The molecule has 0 saturated heterocycles. The zero-order valence-electron chi connectivity index (χ0n) is 18.0. The lowest BCUT2D eigenvalue weighted by Crippen LogP contribution is -2.53. The van der Waals surface area contributed by atoms with E-state index < -0.39 is 0 Å². The quantitative estimate of drug-likeness (QED) is 0.484. The van der Waals surface area contributed by atoms with E-state index in [2.05, 4.69) is 43.0 Å². The number of hydrogen-bond acceptors (Lipinski definition) is 2. The Balaban J connectivity index is 1.62. The molecule has 1 aromatic heterocycles. The number of fused-ring (bicyclic) bond motifs is 2. The summed E-state index contributed by atoms with van der Waals surface area (Å²) in [4.78, 5) is 20.9. The van der Waals surface area contributed by atoms with Gasteiger partial charge in [-0.1, -0.05) is 81.6 Å². The van der Waals surface area contributed by atoms with E-state index in [9.17, 15) is 4.79 Å². The molecule has 0 radical (unpaired) electrons. The molecule has 1 spiro atoms. The molecule has 1 fully saturated rings. The highest BCUT2D eigenvalue weighted by Gasteiger charge is 2.47. The first-order chi connectivity index (χ1) is 14.5. The summed E-state index contributed by atoms with van der Waals surface area (Å²) in [6.45, 7) is 5.38. The van der Waals surface area contributed by atoms with E-state index in [1.54, 1.807) is 0 Å². The Morgan fingerprint density at radius 2 is 1.63 bits per heavy atom. The molecule has 1 aliphatic heterocycles. The van der Waals surface area contributed by atoms with Gasteiger partial charge < -0.3 is 4.90 Å². The number of carbonyl (C=O) groups excluding carboxylic acids is 1. The van der Waals surface area contributed by atoms with E-state index in [1.165, 1.54) is 30.4 Å². The number of amides is 1. The zero-order chi connectivity index (χ0) is 20.8. The van der Waals surface area contributed by atoms with Crippen LogP contribution in [0.15, 0.2) is 60.7 Å². The lowest BCUT2D eigenvalue weighted by molar-refractivity contribution is 0.0210. The molecule has 0 N–H and O–H groups in total. The van der Waals surface area contributed by atoms with Gasteiger partial charge in [0.15, 0.2) is 0 Å². The van der Waals surface area contributed by atoms with E-state index in [-0.39, 0.29) is 16.9 Å². The van der Waals surface area contributed by atoms with Gasteiger partial charge in [0.1, 0.15) is 5.69 Å². The number of carbonyl (C=O) groups is 1. The van der Waals surface area contributed by atoms with Crippen LogP contribution in [0.1, 0.15) is 74.0 Å². The number of nitrogens with zero attached hydrogens (tertiary/aromatic N) is 2. The fraction of sp³-hybridized carbons (Fsp3) is 0.407. The third-order valence-electron chi connectivity index (χ3n) is 7.27. The normalized spacial score (nSPS) is 20.0. The molecular weight excluding hydrogens is 368 g/mol. The third-order valence-corrected chi connectivity index (χ3v) is 7.27. The van der Waals surface area contributed by atoms with Crippen molar-refractivity contribution in [3.05, 3.63) is 77.5 Å². The summed E-state index contributed by atoms with van der Waals surface area (Å²) in [6, 6.07) is 20.7. The highest BCUT2D eigenvalue weighted by atomic mass is 16.2. The van der Waals surface area contributed by atoms with Gasteiger partial charge in [0.05, 0.1) is 5.52 Å². The van der Waals surface area contributed by atoms with E-state index in [0.717, 1.165) is 30.2 Å². The fourth-order valence-electron chi connectivity index (χ4n) is 5.94. The molecule has 0 unspecified atom stereocenters. The van der Waals surface area contributed by atoms with Crippen molar-refractivity contribution in [1.82, 2.24) is 9.88 Å². The molecule has 30 heavy (non-hydrogen) atoms. The summed E-state index contributed by atoms with van der Waals surface area (Å²) in [5, 5.41) is 1.07. The largest absolute Gasteiger partial charge is 0.327 e. The van der Waals surface area contributed by atoms with Crippen molar-refractivity contribution in [3.63, 3.8) is 0 Å². The van der Waals surface area contributed by atoms with Gasteiger partial charge in [-0.2, -0.15) is 0 Å². The average Bonchev–Trinajstić information content (AvgIpc) is 2.85. The summed E-state index contributed by atoms with van der Waals surface area (Å²) in [7, 11) is 0. The molecular formula is C27H30N2O. The minimum atomic E-state index is -0.0921. The minimum absolute atomic E-state index is 0.0414. The number of pyridine rings is 1. The standard InChI is InChI=1S/C27H30N2O/c1-26(2)19-27(16-8-3-9-17-27)29(18-21-11-4-6-12-22(21)26)25(30)24-15-14-20-10-5-7-13-23(20)28-24/h4-7,10-15H,3,8-9,16-19H2,1-2H3. The summed E-state index contributed by atoms with van der Waals surface area (Å²) in [5.74, 6) is 0.0788. The van der Waals surface area contributed by atoms with Crippen molar-refractivity contribution in [2.45, 2.75) is 69.9 Å². The van der Waals surface area contributed by atoms with Gasteiger partial charge >= 0.3 is 0 Å². The molecule has 2 aromatic carbocycles. The van der Waals surface area contributed by atoms with Gasteiger partial charge in [-0.3, -0.25) is 4.79 Å². The highest BCUT2D eigenvalue weighted by Crippen LogP contribution is 2.48. The molecule has 2 heterocycles. The smallest absolute Gasteiger partial charge is 0.273 e. The van der Waals surface area contributed by atoms with Crippen LogP contribution in [-0.4, -0.2) is 21.3 Å². The van der Waals surface area contributed by atoms with Gasteiger partial charge in [-0.25, -0.2) is 4.98 Å². The van der Waals surface area contributed by atoms with Crippen LogP contribution in [0.2, 0.25) is 0 Å². The fourth-order valence-corrected chi connectivity index (χ4v) is 5.94. The number of hydrogen-bond donors (Lipinski definition) is 0. The van der Waals surface area contributed by atoms with E-state index in [4.69, 9.17) is 4.98 Å². The number of aromatic nitrogens is 1. The lowest BCUT2D eigenvalue weighted by atomic mass is 9.68. The van der Waals surface area contributed by atoms with Crippen molar-refractivity contribution < 1.29 is 4.79 Å². The van der Waals surface area contributed by atoms with Crippen molar-refractivity contribution in [3.8, 4) is 0 Å². The van der Waals surface area contributed by atoms with Crippen LogP contribution < -0.4 is 0 Å². The SMILES string of the molecule is CC1(C)CC2(CCCCC2)N(C(=O)c2ccc3ccccc3n2)Cc2ccccc21. The highest BCUT2D eigenvalue weighted by molar-refractivity contribution is 5.95. The van der Waals surface area contributed by atoms with Crippen LogP contribution in [0, 0.1) is 0 Å². The topological polar surface area (TPSA) is 33.2 Å². The first-order valence-electron chi connectivity index (χ1n) is 11.2. The summed E-state index contributed by atoms with van der Waals surface area (Å²) in [6.07, 6.45) is 6.85. The lowest BCUT2D eigenvalue weighted by Gasteiger charge is -2.48. The average molecular weight is 399 g/mol. The van der Waals surface area contributed by atoms with Gasteiger partial charge in [0.2, 0.25) is 0 Å². The molecule has 1 aliphatic carbocycles. The second-order valence-electron chi connectivity index (χ2n) is 9.78. The molecule has 3 aromatic rings. The van der Waals surface area contributed by atoms with Crippen LogP contribution in [-0.2, 0) is 12.0 Å². The van der Waals surface area contributed by atoms with E-state index in [1.807, 2.05) is 36.4 Å². The number of rotatable bonds is 1. The van der Waals surface area contributed by atoms with Crippen LogP contribution in [0.5, 0.6) is 0 Å². The van der Waals surface area contributed by atoms with Crippen molar-refractivity contribution >= 4 is 16.8 Å². The van der Waals surface area contributed by atoms with Crippen LogP contribution >= 0.6 is 0 Å². The van der Waals surface area contributed by atoms with Crippen LogP contribution in [0.4, 0.5) is 0 Å². The summed E-state index contributed by atoms with van der Waals surface area (Å²) in [5.41, 5.74) is 4.06. The zero-order valence-corrected chi connectivity index (χ0v) is 18.0. The van der Waals surface area contributed by atoms with Crippen molar-refractivity contribution in [1.29, 1.82) is 0 Å². The van der Waals surface area contributed by atoms with Gasteiger partial charge in [-0.15, -0.1) is 0 Å². The first-order valence-corrected chi connectivity index (χ1v) is 11.2. The Morgan fingerprint density at radius 1 is 0.900 bits per heavy atom. The van der Waals surface area contributed by atoms with E-state index >= 15 is 0 Å². The Kier molecular flexibility index (Phi) is 4.65. The maximum absolute atomic E-state index is 14.0. The minimum Gasteiger partial charge on any atom is -0.327 e. The van der Waals surface area contributed by atoms with E-state index in [0.29, 0.717) is 12.2 Å². The maximum atomic E-state index is 14.0. The number of para-hydroxylation sites is 1. The molecule has 1 amide bonds. The summed E-state index contributed by atoms with van der Waals surface area (Å²) < 4.78 is 0. The Hall–Kier alpha value is -2.68. The Bertz CT molecular complexity index is 1090. The van der Waals surface area contributed by atoms with Gasteiger partial charge in [0.25, 0.3) is 5.91 Å². The maximum Gasteiger partial charge on any atom is 0.273 e. The van der Waals surface area contributed by atoms with Crippen LogP contribution in [0.25, 0.3) is 10.9 Å². The second kappa shape index (κ2) is 7.23. The molecule has 2 aliphatic rings. The molecule has 0 atom stereocenters. The first kappa shape index (κ1) is 19.3. The summed E-state index contributed by atoms with van der Waals surface area (Å²) >= 11 is 0. The molecule has 3 heteroatoms. The predicted octanol–water partition coefficient (Wildman–Crippen LogP) is 6.26. The van der Waals surface area contributed by atoms with Crippen molar-refractivity contribution in [2.24, 2.45) is 0 Å². The van der Waals surface area contributed by atoms with Crippen LogP contribution in [0.3, 0.4) is 0 Å². The number of benzene rings is 2. The Labute approximate surface area is 179 Å². The molecule has 154 valence electrons. The van der Waals surface area contributed by atoms with Gasteiger partial charge in [0, 0.05) is 17.5 Å². The molecule has 1 saturated carbocycles. The molecule has 0 bridgehead atoms. The van der Waals surface area contributed by atoms with Gasteiger partial charge in [-0.05, 0) is 47.9 Å². The third kappa shape index (κ3) is 3.21. The van der Waals surface area contributed by atoms with Crippen molar-refractivity contribution in [2.75, 3.05) is 0 Å². The second-order valence-corrected chi connectivity index (χ2v) is 9.78. The predicted molar refractivity (Wildman–Crippen MR) is 122 cm³/mol.